The van der Waals surface area contributed by atoms with Gasteiger partial charge in [0.25, 0.3) is 0 Å². The lowest BCUT2D eigenvalue weighted by atomic mass is 10.2. The maximum Gasteiger partial charge on any atom is 0.178 e. The van der Waals surface area contributed by atoms with Crippen LogP contribution in [0.3, 0.4) is 0 Å². The van der Waals surface area contributed by atoms with E-state index in [9.17, 15) is 8.78 Å². The molecule has 0 bridgehead atoms. The zero-order valence-corrected chi connectivity index (χ0v) is 11.3. The standard InChI is InChI=1S/C12H15F2N3S/c1-7(16(2)3)6-17-10-5-8(13)4-9(14)11(10)15-12(17)18/h4-5,7H,6H2,1-3H3,(H,15,18). The van der Waals surface area contributed by atoms with E-state index in [2.05, 4.69) is 4.98 Å². The van der Waals surface area contributed by atoms with E-state index in [1.807, 2.05) is 25.9 Å². The molecular weight excluding hydrogens is 256 g/mol. The van der Waals surface area contributed by atoms with Gasteiger partial charge in [-0.25, -0.2) is 8.78 Å². The van der Waals surface area contributed by atoms with Crippen molar-refractivity contribution >= 4 is 23.3 Å². The first-order valence-electron chi connectivity index (χ1n) is 5.64. The van der Waals surface area contributed by atoms with E-state index in [1.165, 1.54) is 6.07 Å². The Labute approximate surface area is 109 Å². The SMILES string of the molecule is CC(Cn1c(=S)[nH]c2c(F)cc(F)cc21)N(C)C. The van der Waals surface area contributed by atoms with Crippen molar-refractivity contribution in [2.75, 3.05) is 14.1 Å². The number of aromatic nitrogens is 2. The molecule has 1 N–H and O–H groups in total. The number of fused-ring (bicyclic) bond motifs is 1. The van der Waals surface area contributed by atoms with Crippen molar-refractivity contribution in [2.24, 2.45) is 0 Å². The molecule has 0 saturated heterocycles. The molecule has 3 nitrogen and oxygen atoms in total. The van der Waals surface area contributed by atoms with Crippen LogP contribution in [0.2, 0.25) is 0 Å². The smallest absolute Gasteiger partial charge is 0.178 e. The van der Waals surface area contributed by atoms with Gasteiger partial charge in [-0.3, -0.25) is 0 Å². The number of hydrogen-bond acceptors (Lipinski definition) is 2. The summed E-state index contributed by atoms with van der Waals surface area (Å²) in [7, 11) is 3.90. The monoisotopic (exact) mass is 271 g/mol. The molecule has 1 aromatic carbocycles. The van der Waals surface area contributed by atoms with Crippen LogP contribution >= 0.6 is 12.2 Å². The Kier molecular flexibility index (Phi) is 3.49. The minimum Gasteiger partial charge on any atom is -0.328 e. The zero-order valence-electron chi connectivity index (χ0n) is 10.5. The molecule has 1 aromatic heterocycles. The summed E-state index contributed by atoms with van der Waals surface area (Å²) in [5, 5.41) is 0. The summed E-state index contributed by atoms with van der Waals surface area (Å²) >= 11 is 5.16. The Bertz CT molecular complexity index is 630. The summed E-state index contributed by atoms with van der Waals surface area (Å²) in [5.41, 5.74) is 0.721. The number of nitrogens with one attached hydrogen (secondary N) is 1. The van der Waals surface area contributed by atoms with E-state index in [0.717, 1.165) is 6.07 Å². The molecule has 2 aromatic rings. The number of imidazole rings is 1. The van der Waals surface area contributed by atoms with Gasteiger partial charge in [-0.15, -0.1) is 0 Å². The molecule has 1 unspecified atom stereocenters. The second-order valence-corrected chi connectivity index (χ2v) is 5.02. The van der Waals surface area contributed by atoms with Gasteiger partial charge in [-0.2, -0.15) is 0 Å². The van der Waals surface area contributed by atoms with E-state index < -0.39 is 11.6 Å². The largest absolute Gasteiger partial charge is 0.328 e. The Morgan fingerprint density at radius 2 is 2.06 bits per heavy atom. The van der Waals surface area contributed by atoms with Crippen LogP contribution in [0.5, 0.6) is 0 Å². The summed E-state index contributed by atoms with van der Waals surface area (Å²) in [6, 6.07) is 2.36. The minimum atomic E-state index is -0.618. The van der Waals surface area contributed by atoms with Gasteiger partial charge in [-0.05, 0) is 39.3 Å². The average molecular weight is 271 g/mol. The third-order valence-corrected chi connectivity index (χ3v) is 3.45. The number of H-pyrrole nitrogens is 1. The Morgan fingerprint density at radius 1 is 1.39 bits per heavy atom. The number of benzene rings is 1. The summed E-state index contributed by atoms with van der Waals surface area (Å²) < 4.78 is 29.0. The minimum absolute atomic E-state index is 0.210. The fourth-order valence-corrected chi connectivity index (χ4v) is 2.06. The predicted octanol–water partition coefficient (Wildman–Crippen LogP) is 2.93. The molecule has 0 saturated carbocycles. The quantitative estimate of drug-likeness (QED) is 0.868. The van der Waals surface area contributed by atoms with Crippen LogP contribution in [0, 0.1) is 16.4 Å². The van der Waals surface area contributed by atoms with Crippen LogP contribution in [0.25, 0.3) is 11.0 Å². The Morgan fingerprint density at radius 3 is 2.67 bits per heavy atom. The molecule has 0 radical (unpaired) electrons. The maximum atomic E-state index is 13.6. The number of aromatic amines is 1. The molecule has 18 heavy (non-hydrogen) atoms. The van der Waals surface area contributed by atoms with Crippen molar-refractivity contribution in [3.05, 3.63) is 28.5 Å². The van der Waals surface area contributed by atoms with Crippen molar-refractivity contribution < 1.29 is 8.78 Å². The van der Waals surface area contributed by atoms with E-state index in [0.29, 0.717) is 16.8 Å². The molecule has 0 amide bonds. The third kappa shape index (κ3) is 2.30. The van der Waals surface area contributed by atoms with E-state index in [1.54, 1.807) is 4.57 Å². The number of nitrogens with zero attached hydrogens (tertiary/aromatic N) is 2. The first-order valence-corrected chi connectivity index (χ1v) is 6.05. The second kappa shape index (κ2) is 4.78. The highest BCUT2D eigenvalue weighted by molar-refractivity contribution is 7.71. The van der Waals surface area contributed by atoms with Gasteiger partial charge >= 0.3 is 0 Å². The topological polar surface area (TPSA) is 24.0 Å². The lowest BCUT2D eigenvalue weighted by Gasteiger charge is -2.20. The highest BCUT2D eigenvalue weighted by atomic mass is 32.1. The third-order valence-electron chi connectivity index (χ3n) is 3.13. The second-order valence-electron chi connectivity index (χ2n) is 4.64. The number of halogens is 2. The van der Waals surface area contributed by atoms with Crippen LogP contribution in [-0.2, 0) is 6.54 Å². The van der Waals surface area contributed by atoms with Crippen LogP contribution in [0.4, 0.5) is 8.78 Å². The maximum absolute atomic E-state index is 13.6. The fourth-order valence-electron chi connectivity index (χ4n) is 1.79. The molecule has 0 fully saturated rings. The molecule has 2 rings (SSSR count). The van der Waals surface area contributed by atoms with Crippen LogP contribution in [-0.4, -0.2) is 34.6 Å². The Balaban J connectivity index is 2.57. The van der Waals surface area contributed by atoms with Crippen molar-refractivity contribution in [2.45, 2.75) is 19.5 Å². The molecule has 0 spiro atoms. The van der Waals surface area contributed by atoms with Crippen LogP contribution in [0.15, 0.2) is 12.1 Å². The number of likely N-dealkylation sites (N-methyl/N-ethyl adjacent to an activating group) is 1. The van der Waals surface area contributed by atoms with Gasteiger partial charge in [0.15, 0.2) is 10.6 Å². The van der Waals surface area contributed by atoms with E-state index >= 15 is 0 Å². The van der Waals surface area contributed by atoms with Crippen LogP contribution in [0.1, 0.15) is 6.92 Å². The lowest BCUT2D eigenvalue weighted by Crippen LogP contribution is -2.29. The fraction of sp³-hybridized carbons (Fsp3) is 0.417. The normalized spacial score (nSPS) is 13.4. The summed E-state index contributed by atoms with van der Waals surface area (Å²) in [6.45, 7) is 2.60. The van der Waals surface area contributed by atoms with Gasteiger partial charge in [0, 0.05) is 18.7 Å². The first kappa shape index (κ1) is 13.2. The van der Waals surface area contributed by atoms with Crippen molar-refractivity contribution in [3.63, 3.8) is 0 Å². The van der Waals surface area contributed by atoms with Gasteiger partial charge in [0.05, 0.1) is 5.52 Å². The van der Waals surface area contributed by atoms with E-state index in [-0.39, 0.29) is 11.6 Å². The highest BCUT2D eigenvalue weighted by Crippen LogP contribution is 2.20. The molecule has 6 heteroatoms. The molecule has 1 atom stereocenters. The molecule has 0 aliphatic heterocycles. The molecule has 0 aliphatic carbocycles. The van der Waals surface area contributed by atoms with Crippen molar-refractivity contribution in [3.8, 4) is 0 Å². The number of rotatable bonds is 3. The highest BCUT2D eigenvalue weighted by Gasteiger charge is 2.13. The van der Waals surface area contributed by atoms with Gasteiger partial charge in [0.2, 0.25) is 0 Å². The van der Waals surface area contributed by atoms with Crippen molar-refractivity contribution in [1.29, 1.82) is 0 Å². The molecule has 1 heterocycles. The number of hydrogen-bond donors (Lipinski definition) is 1. The van der Waals surface area contributed by atoms with E-state index in [4.69, 9.17) is 12.2 Å². The molecular formula is C12H15F2N3S. The summed E-state index contributed by atoms with van der Waals surface area (Å²) in [6.07, 6.45) is 0. The van der Waals surface area contributed by atoms with Crippen molar-refractivity contribution in [1.82, 2.24) is 14.5 Å². The first-order chi connectivity index (χ1) is 8.40. The zero-order chi connectivity index (χ0) is 13.4. The van der Waals surface area contributed by atoms with Gasteiger partial charge in [-0.1, -0.05) is 0 Å². The molecule has 0 aliphatic rings. The van der Waals surface area contributed by atoms with Gasteiger partial charge < -0.3 is 14.5 Å². The average Bonchev–Trinajstić information content (AvgIpc) is 2.57. The predicted molar refractivity (Wildman–Crippen MR) is 70.2 cm³/mol. The van der Waals surface area contributed by atoms with Crippen LogP contribution < -0.4 is 0 Å². The summed E-state index contributed by atoms with van der Waals surface area (Å²) in [4.78, 5) is 4.81. The Hall–Kier alpha value is -1.27. The summed E-state index contributed by atoms with van der Waals surface area (Å²) in [5.74, 6) is -1.22. The van der Waals surface area contributed by atoms with Gasteiger partial charge in [0.1, 0.15) is 11.3 Å². The lowest BCUT2D eigenvalue weighted by molar-refractivity contribution is 0.285. The molecule has 98 valence electrons.